The molecule has 0 N–H and O–H groups in total. The van der Waals surface area contributed by atoms with Crippen molar-refractivity contribution in [3.8, 4) is 0 Å². The molecule has 0 bridgehead atoms. The fraction of sp³-hybridized carbons (Fsp3) is 0.0625. The molecule has 2 aromatic carbocycles. The van der Waals surface area contributed by atoms with Crippen molar-refractivity contribution >= 4 is 12.0 Å². The van der Waals surface area contributed by atoms with Gasteiger partial charge in [0.05, 0.1) is 0 Å². The lowest BCUT2D eigenvalue weighted by Crippen LogP contribution is -2.02. The van der Waals surface area contributed by atoms with E-state index in [1.54, 1.807) is 6.08 Å². The van der Waals surface area contributed by atoms with E-state index in [0.717, 1.165) is 11.1 Å². The Kier molecular flexibility index (Phi) is 4.90. The van der Waals surface area contributed by atoms with Gasteiger partial charge in [-0.3, -0.25) is 4.89 Å². The quantitative estimate of drug-likeness (QED) is 0.466. The van der Waals surface area contributed by atoms with Gasteiger partial charge in [0.1, 0.15) is 6.61 Å². The van der Waals surface area contributed by atoms with Crippen molar-refractivity contribution in [3.05, 3.63) is 77.9 Å². The third-order valence-corrected chi connectivity index (χ3v) is 2.42. The number of hydrogen-bond acceptors (Lipinski definition) is 3. The SMILES string of the molecule is O=C(C=Cc1ccccc1)OOCc1ccccc1. The molecule has 0 saturated carbocycles. The lowest BCUT2D eigenvalue weighted by molar-refractivity contribution is -0.275. The standard InChI is InChI=1S/C16H14O3/c17-16(12-11-14-7-3-1-4-8-14)19-18-13-15-9-5-2-6-10-15/h1-12H,13H2. The van der Waals surface area contributed by atoms with E-state index in [2.05, 4.69) is 4.89 Å². The molecular weight excluding hydrogens is 240 g/mol. The molecule has 0 saturated heterocycles. The first-order valence-electron chi connectivity index (χ1n) is 5.95. The zero-order chi connectivity index (χ0) is 13.3. The molecule has 0 aliphatic rings. The van der Waals surface area contributed by atoms with Crippen molar-refractivity contribution in [1.82, 2.24) is 0 Å². The molecule has 0 amide bonds. The van der Waals surface area contributed by atoms with Crippen LogP contribution in [-0.2, 0) is 21.2 Å². The second kappa shape index (κ2) is 7.13. The number of rotatable bonds is 5. The third kappa shape index (κ3) is 4.77. The Balaban J connectivity index is 1.75. The van der Waals surface area contributed by atoms with E-state index in [4.69, 9.17) is 4.89 Å². The van der Waals surface area contributed by atoms with Crippen LogP contribution >= 0.6 is 0 Å². The first-order chi connectivity index (χ1) is 9.34. The Hall–Kier alpha value is -2.39. The number of hydrogen-bond donors (Lipinski definition) is 0. The largest absolute Gasteiger partial charge is 0.365 e. The normalized spacial score (nSPS) is 10.5. The second-order valence-corrected chi connectivity index (χ2v) is 3.89. The predicted molar refractivity (Wildman–Crippen MR) is 72.8 cm³/mol. The first kappa shape index (κ1) is 13.1. The monoisotopic (exact) mass is 254 g/mol. The van der Waals surface area contributed by atoms with Gasteiger partial charge in [0.25, 0.3) is 0 Å². The number of benzene rings is 2. The van der Waals surface area contributed by atoms with Crippen LogP contribution in [-0.4, -0.2) is 5.97 Å². The van der Waals surface area contributed by atoms with Gasteiger partial charge in [-0.15, -0.1) is 0 Å². The van der Waals surface area contributed by atoms with Crippen LogP contribution in [0.25, 0.3) is 6.08 Å². The smallest absolute Gasteiger partial charge is 0.293 e. The molecular formula is C16H14O3. The van der Waals surface area contributed by atoms with Gasteiger partial charge in [-0.1, -0.05) is 60.7 Å². The topological polar surface area (TPSA) is 35.5 Å². The molecule has 0 aliphatic heterocycles. The minimum absolute atomic E-state index is 0.242. The number of carbonyl (C=O) groups is 1. The summed E-state index contributed by atoms with van der Waals surface area (Å²) in [5, 5.41) is 0. The summed E-state index contributed by atoms with van der Waals surface area (Å²) in [4.78, 5) is 20.9. The van der Waals surface area contributed by atoms with E-state index < -0.39 is 5.97 Å². The molecule has 0 fully saturated rings. The Labute approximate surface area is 112 Å². The summed E-state index contributed by atoms with van der Waals surface area (Å²) in [6.07, 6.45) is 3.01. The fourth-order valence-electron chi connectivity index (χ4n) is 1.49. The average Bonchev–Trinajstić information content (AvgIpc) is 2.47. The lowest BCUT2D eigenvalue weighted by Gasteiger charge is -2.01. The zero-order valence-corrected chi connectivity index (χ0v) is 10.4. The third-order valence-electron chi connectivity index (χ3n) is 2.42. The van der Waals surface area contributed by atoms with Gasteiger partial charge in [0, 0.05) is 6.08 Å². The summed E-state index contributed by atoms with van der Waals surface area (Å²) in [6, 6.07) is 19.0. The Morgan fingerprint density at radius 2 is 1.58 bits per heavy atom. The Morgan fingerprint density at radius 1 is 0.947 bits per heavy atom. The van der Waals surface area contributed by atoms with E-state index in [-0.39, 0.29) is 6.61 Å². The van der Waals surface area contributed by atoms with E-state index in [1.165, 1.54) is 6.08 Å². The highest BCUT2D eigenvalue weighted by atomic mass is 17.2. The maximum absolute atomic E-state index is 11.4. The minimum Gasteiger partial charge on any atom is -0.293 e. The first-order valence-corrected chi connectivity index (χ1v) is 5.95. The molecule has 3 heteroatoms. The van der Waals surface area contributed by atoms with Gasteiger partial charge < -0.3 is 0 Å². The summed E-state index contributed by atoms with van der Waals surface area (Å²) in [6.45, 7) is 0.242. The Morgan fingerprint density at radius 3 is 2.26 bits per heavy atom. The zero-order valence-electron chi connectivity index (χ0n) is 10.4. The van der Waals surface area contributed by atoms with E-state index >= 15 is 0 Å². The summed E-state index contributed by atoms with van der Waals surface area (Å²) >= 11 is 0. The van der Waals surface area contributed by atoms with Gasteiger partial charge in [-0.25, -0.2) is 4.79 Å². The minimum atomic E-state index is -0.528. The van der Waals surface area contributed by atoms with Crippen molar-refractivity contribution in [3.63, 3.8) is 0 Å². The van der Waals surface area contributed by atoms with Gasteiger partial charge in [-0.05, 0) is 17.2 Å². The molecule has 96 valence electrons. The van der Waals surface area contributed by atoms with E-state index in [9.17, 15) is 4.79 Å². The summed E-state index contributed by atoms with van der Waals surface area (Å²) in [5.41, 5.74) is 1.88. The van der Waals surface area contributed by atoms with Gasteiger partial charge in [-0.2, -0.15) is 4.89 Å². The summed E-state index contributed by atoms with van der Waals surface area (Å²) < 4.78 is 0. The molecule has 2 aromatic rings. The van der Waals surface area contributed by atoms with Crippen LogP contribution in [0.1, 0.15) is 11.1 Å². The van der Waals surface area contributed by atoms with Crippen LogP contribution in [0.5, 0.6) is 0 Å². The summed E-state index contributed by atoms with van der Waals surface area (Å²) in [5.74, 6) is -0.528. The highest BCUT2D eigenvalue weighted by Gasteiger charge is 1.99. The van der Waals surface area contributed by atoms with Crippen molar-refractivity contribution < 1.29 is 14.6 Å². The molecule has 0 aromatic heterocycles. The molecule has 3 nitrogen and oxygen atoms in total. The molecule has 19 heavy (non-hydrogen) atoms. The highest BCUT2D eigenvalue weighted by Crippen LogP contribution is 2.03. The Bertz CT molecular complexity index is 532. The van der Waals surface area contributed by atoms with Gasteiger partial charge in [0.15, 0.2) is 0 Å². The second-order valence-electron chi connectivity index (χ2n) is 3.89. The van der Waals surface area contributed by atoms with Crippen LogP contribution in [0.3, 0.4) is 0 Å². The van der Waals surface area contributed by atoms with Crippen LogP contribution in [0, 0.1) is 0 Å². The molecule has 0 unspecified atom stereocenters. The van der Waals surface area contributed by atoms with Crippen molar-refractivity contribution in [2.45, 2.75) is 6.61 Å². The van der Waals surface area contributed by atoms with E-state index in [0.29, 0.717) is 0 Å². The van der Waals surface area contributed by atoms with Crippen molar-refractivity contribution in [2.75, 3.05) is 0 Å². The van der Waals surface area contributed by atoms with Gasteiger partial charge in [0.2, 0.25) is 0 Å². The lowest BCUT2D eigenvalue weighted by atomic mass is 10.2. The fourth-order valence-corrected chi connectivity index (χ4v) is 1.49. The number of carbonyl (C=O) groups excluding carboxylic acids is 1. The van der Waals surface area contributed by atoms with Crippen molar-refractivity contribution in [2.24, 2.45) is 0 Å². The molecule has 0 radical (unpaired) electrons. The maximum Gasteiger partial charge on any atom is 0.365 e. The highest BCUT2D eigenvalue weighted by molar-refractivity contribution is 5.86. The predicted octanol–water partition coefficient (Wildman–Crippen LogP) is 3.37. The van der Waals surface area contributed by atoms with Gasteiger partial charge >= 0.3 is 5.97 Å². The van der Waals surface area contributed by atoms with Crippen LogP contribution < -0.4 is 0 Å². The molecule has 0 spiro atoms. The average molecular weight is 254 g/mol. The maximum atomic E-state index is 11.4. The molecule has 0 aliphatic carbocycles. The molecule has 0 atom stereocenters. The molecule has 0 heterocycles. The van der Waals surface area contributed by atoms with Crippen LogP contribution in [0.15, 0.2) is 66.7 Å². The molecule has 2 rings (SSSR count). The van der Waals surface area contributed by atoms with E-state index in [1.807, 2.05) is 60.7 Å². The van der Waals surface area contributed by atoms with Crippen LogP contribution in [0.4, 0.5) is 0 Å². The van der Waals surface area contributed by atoms with Crippen LogP contribution in [0.2, 0.25) is 0 Å². The summed E-state index contributed by atoms with van der Waals surface area (Å²) in [7, 11) is 0. The van der Waals surface area contributed by atoms with Crippen molar-refractivity contribution in [1.29, 1.82) is 0 Å².